The molecule has 132 valence electrons. The SMILES string of the molecule is O=C(NCc1ccccc1)C(c1cccc(Br)c1)C1(O)CCCCC1. The fourth-order valence-corrected chi connectivity index (χ4v) is 4.15. The van der Waals surface area contributed by atoms with E-state index in [9.17, 15) is 9.90 Å². The predicted molar refractivity (Wildman–Crippen MR) is 103 cm³/mol. The van der Waals surface area contributed by atoms with Crippen LogP contribution in [0.5, 0.6) is 0 Å². The van der Waals surface area contributed by atoms with Crippen LogP contribution in [0.3, 0.4) is 0 Å². The Morgan fingerprint density at radius 3 is 2.48 bits per heavy atom. The molecule has 4 heteroatoms. The Balaban J connectivity index is 1.83. The van der Waals surface area contributed by atoms with Crippen molar-refractivity contribution in [3.8, 4) is 0 Å². The largest absolute Gasteiger partial charge is 0.389 e. The van der Waals surface area contributed by atoms with E-state index in [0.29, 0.717) is 19.4 Å². The Labute approximate surface area is 157 Å². The van der Waals surface area contributed by atoms with Gasteiger partial charge in [-0.15, -0.1) is 0 Å². The van der Waals surface area contributed by atoms with E-state index in [1.807, 2.05) is 54.6 Å². The summed E-state index contributed by atoms with van der Waals surface area (Å²) >= 11 is 3.48. The van der Waals surface area contributed by atoms with Crippen molar-refractivity contribution in [3.63, 3.8) is 0 Å². The highest BCUT2D eigenvalue weighted by Crippen LogP contribution is 2.40. The first kappa shape index (κ1) is 18.2. The molecular weight excluding hydrogens is 378 g/mol. The highest BCUT2D eigenvalue weighted by atomic mass is 79.9. The normalized spacial score (nSPS) is 17.7. The highest BCUT2D eigenvalue weighted by Gasteiger charge is 2.43. The molecule has 25 heavy (non-hydrogen) atoms. The monoisotopic (exact) mass is 401 g/mol. The third-order valence-electron chi connectivity index (χ3n) is 5.01. The molecule has 1 fully saturated rings. The van der Waals surface area contributed by atoms with E-state index in [2.05, 4.69) is 21.2 Å². The summed E-state index contributed by atoms with van der Waals surface area (Å²) in [6.45, 7) is 0.472. The molecular formula is C21H24BrNO2. The van der Waals surface area contributed by atoms with Gasteiger partial charge in [-0.25, -0.2) is 0 Å². The molecule has 1 saturated carbocycles. The van der Waals surface area contributed by atoms with E-state index in [1.54, 1.807) is 0 Å². The molecule has 3 nitrogen and oxygen atoms in total. The van der Waals surface area contributed by atoms with Crippen molar-refractivity contribution in [2.75, 3.05) is 0 Å². The van der Waals surface area contributed by atoms with Gasteiger partial charge in [-0.2, -0.15) is 0 Å². The maximum absolute atomic E-state index is 13.0. The highest BCUT2D eigenvalue weighted by molar-refractivity contribution is 9.10. The summed E-state index contributed by atoms with van der Waals surface area (Å²) in [4.78, 5) is 13.0. The van der Waals surface area contributed by atoms with Crippen molar-refractivity contribution in [1.29, 1.82) is 0 Å². The lowest BCUT2D eigenvalue weighted by Gasteiger charge is -2.38. The lowest BCUT2D eigenvalue weighted by molar-refractivity contribution is -0.131. The molecule has 0 aliphatic heterocycles. The van der Waals surface area contributed by atoms with Crippen LogP contribution in [0, 0.1) is 0 Å². The second-order valence-electron chi connectivity index (χ2n) is 6.86. The van der Waals surface area contributed by atoms with Crippen LogP contribution < -0.4 is 5.32 Å². The molecule has 2 aromatic rings. The van der Waals surface area contributed by atoms with E-state index < -0.39 is 11.5 Å². The van der Waals surface area contributed by atoms with Crippen molar-refractivity contribution in [1.82, 2.24) is 5.32 Å². The fourth-order valence-electron chi connectivity index (χ4n) is 3.73. The van der Waals surface area contributed by atoms with Crippen molar-refractivity contribution in [2.24, 2.45) is 0 Å². The average molecular weight is 402 g/mol. The van der Waals surface area contributed by atoms with Gasteiger partial charge in [0, 0.05) is 11.0 Å². The number of aliphatic hydroxyl groups is 1. The molecule has 1 unspecified atom stereocenters. The number of carbonyl (C=O) groups excluding carboxylic acids is 1. The average Bonchev–Trinajstić information content (AvgIpc) is 2.61. The van der Waals surface area contributed by atoms with Gasteiger partial charge in [-0.05, 0) is 36.1 Å². The number of amides is 1. The predicted octanol–water partition coefficient (Wildman–Crippen LogP) is 4.54. The van der Waals surface area contributed by atoms with Gasteiger partial charge in [0.25, 0.3) is 0 Å². The Bertz CT molecular complexity index is 711. The van der Waals surface area contributed by atoms with Crippen LogP contribution in [0.2, 0.25) is 0 Å². The molecule has 1 aliphatic rings. The van der Waals surface area contributed by atoms with E-state index in [4.69, 9.17) is 0 Å². The molecule has 0 spiro atoms. The number of nitrogens with one attached hydrogen (secondary N) is 1. The van der Waals surface area contributed by atoms with Crippen LogP contribution in [0.4, 0.5) is 0 Å². The molecule has 3 rings (SSSR count). The number of halogens is 1. The van der Waals surface area contributed by atoms with Gasteiger partial charge in [0.2, 0.25) is 5.91 Å². The summed E-state index contributed by atoms with van der Waals surface area (Å²) in [5.41, 5.74) is 0.948. The molecule has 2 aromatic carbocycles. The minimum absolute atomic E-state index is 0.105. The molecule has 0 radical (unpaired) electrons. The summed E-state index contributed by atoms with van der Waals surface area (Å²) in [6.07, 6.45) is 4.39. The third-order valence-corrected chi connectivity index (χ3v) is 5.50. The zero-order valence-electron chi connectivity index (χ0n) is 14.2. The maximum Gasteiger partial charge on any atom is 0.230 e. The van der Waals surface area contributed by atoms with Crippen LogP contribution in [0.25, 0.3) is 0 Å². The fraction of sp³-hybridized carbons (Fsp3) is 0.381. The molecule has 2 N–H and O–H groups in total. The molecule has 0 saturated heterocycles. The number of hydrogen-bond donors (Lipinski definition) is 2. The Kier molecular flexibility index (Phi) is 5.92. The molecule has 1 aliphatic carbocycles. The molecule has 0 bridgehead atoms. The number of hydrogen-bond acceptors (Lipinski definition) is 2. The number of carbonyl (C=O) groups is 1. The van der Waals surface area contributed by atoms with Crippen LogP contribution in [-0.4, -0.2) is 16.6 Å². The second kappa shape index (κ2) is 8.15. The molecule has 1 amide bonds. The molecule has 1 atom stereocenters. The van der Waals surface area contributed by atoms with Gasteiger partial charge in [-0.3, -0.25) is 4.79 Å². The van der Waals surface area contributed by atoms with Gasteiger partial charge in [-0.1, -0.05) is 77.7 Å². The second-order valence-corrected chi connectivity index (χ2v) is 7.77. The van der Waals surface area contributed by atoms with Crippen molar-refractivity contribution in [3.05, 3.63) is 70.2 Å². The molecule has 0 heterocycles. The standard InChI is InChI=1S/C21H24BrNO2/c22-18-11-7-10-17(14-18)19(21(25)12-5-2-6-13-21)20(24)23-15-16-8-3-1-4-9-16/h1,3-4,7-11,14,19,25H,2,5-6,12-13,15H2,(H,23,24). The Morgan fingerprint density at radius 1 is 1.08 bits per heavy atom. The van der Waals surface area contributed by atoms with Gasteiger partial charge in [0.05, 0.1) is 11.5 Å². The zero-order valence-corrected chi connectivity index (χ0v) is 15.8. The first-order chi connectivity index (χ1) is 12.1. The third kappa shape index (κ3) is 4.50. The van der Waals surface area contributed by atoms with Crippen molar-refractivity contribution >= 4 is 21.8 Å². The van der Waals surface area contributed by atoms with E-state index in [1.165, 1.54) is 0 Å². The quantitative estimate of drug-likeness (QED) is 0.771. The minimum Gasteiger partial charge on any atom is -0.389 e. The Hall–Kier alpha value is -1.65. The van der Waals surface area contributed by atoms with Gasteiger partial charge >= 0.3 is 0 Å². The summed E-state index contributed by atoms with van der Waals surface area (Å²) in [5.74, 6) is -0.652. The van der Waals surface area contributed by atoms with Gasteiger partial charge in [0.1, 0.15) is 0 Å². The van der Waals surface area contributed by atoms with Crippen LogP contribution >= 0.6 is 15.9 Å². The number of benzene rings is 2. The number of rotatable bonds is 5. The molecule has 0 aromatic heterocycles. The Morgan fingerprint density at radius 2 is 1.80 bits per heavy atom. The topological polar surface area (TPSA) is 49.3 Å². The van der Waals surface area contributed by atoms with Gasteiger partial charge in [0.15, 0.2) is 0 Å². The van der Waals surface area contributed by atoms with E-state index in [-0.39, 0.29) is 5.91 Å². The summed E-state index contributed by atoms with van der Waals surface area (Å²) in [5, 5.41) is 14.3. The first-order valence-corrected chi connectivity index (χ1v) is 9.67. The smallest absolute Gasteiger partial charge is 0.230 e. The summed E-state index contributed by atoms with van der Waals surface area (Å²) < 4.78 is 0.922. The van der Waals surface area contributed by atoms with Gasteiger partial charge < -0.3 is 10.4 Å². The van der Waals surface area contributed by atoms with E-state index in [0.717, 1.165) is 34.9 Å². The van der Waals surface area contributed by atoms with Crippen LogP contribution in [-0.2, 0) is 11.3 Å². The maximum atomic E-state index is 13.0. The lowest BCUT2D eigenvalue weighted by Crippen LogP contribution is -2.46. The van der Waals surface area contributed by atoms with E-state index >= 15 is 0 Å². The summed E-state index contributed by atoms with van der Waals surface area (Å²) in [7, 11) is 0. The zero-order chi connectivity index (χ0) is 17.7. The minimum atomic E-state index is -0.972. The van der Waals surface area contributed by atoms with Crippen molar-refractivity contribution < 1.29 is 9.90 Å². The van der Waals surface area contributed by atoms with Crippen LogP contribution in [0.1, 0.15) is 49.1 Å². The lowest BCUT2D eigenvalue weighted by atomic mass is 9.72. The van der Waals surface area contributed by atoms with Crippen molar-refractivity contribution in [2.45, 2.75) is 50.2 Å². The first-order valence-electron chi connectivity index (χ1n) is 8.88. The van der Waals surface area contributed by atoms with Crippen LogP contribution in [0.15, 0.2) is 59.1 Å². The summed E-state index contributed by atoms with van der Waals surface area (Å²) in [6, 6.07) is 17.6.